The van der Waals surface area contributed by atoms with Crippen LogP contribution in [0.3, 0.4) is 0 Å². The number of fused-ring (bicyclic) bond motifs is 1. The highest BCUT2D eigenvalue weighted by molar-refractivity contribution is 5.58. The SMILES string of the molecule is [CH2+]Cc1ccc(NCc2cc(=O)n3[nH]c(-c4ccc(OC)cc4)nc3n2)cc1. The third kappa shape index (κ3) is 3.55. The normalized spacial score (nSPS) is 10.9. The fraction of sp³-hybridized carbons (Fsp3) is 0.143. The summed E-state index contributed by atoms with van der Waals surface area (Å²) in [5.74, 6) is 1.66. The predicted octanol–water partition coefficient (Wildman–Crippen LogP) is 3.08. The smallest absolute Gasteiger partial charge is 0.274 e. The number of aromatic nitrogens is 4. The molecule has 0 saturated carbocycles. The Morgan fingerprint density at radius 1 is 1.11 bits per heavy atom. The lowest BCUT2D eigenvalue weighted by Crippen LogP contribution is -2.17. The summed E-state index contributed by atoms with van der Waals surface area (Å²) in [7, 11) is 1.62. The molecule has 0 spiro atoms. The molecule has 140 valence electrons. The van der Waals surface area contributed by atoms with Gasteiger partial charge in [0.1, 0.15) is 12.2 Å². The Labute approximate surface area is 162 Å². The van der Waals surface area contributed by atoms with Crippen molar-refractivity contribution < 1.29 is 4.74 Å². The lowest BCUT2D eigenvalue weighted by molar-refractivity contribution is 0.415. The van der Waals surface area contributed by atoms with Crippen LogP contribution in [0.2, 0.25) is 0 Å². The first-order valence-corrected chi connectivity index (χ1v) is 8.91. The maximum Gasteiger partial charge on any atom is 0.274 e. The highest BCUT2D eigenvalue weighted by Crippen LogP contribution is 2.19. The van der Waals surface area contributed by atoms with Crippen LogP contribution < -0.4 is 15.6 Å². The summed E-state index contributed by atoms with van der Waals surface area (Å²) in [5, 5.41) is 6.27. The van der Waals surface area contributed by atoms with Crippen molar-refractivity contribution in [2.75, 3.05) is 12.4 Å². The lowest BCUT2D eigenvalue weighted by Gasteiger charge is -2.06. The average molecular weight is 374 g/mol. The maximum absolute atomic E-state index is 12.4. The van der Waals surface area contributed by atoms with E-state index >= 15 is 0 Å². The number of methoxy groups -OCH3 is 1. The van der Waals surface area contributed by atoms with Crippen LogP contribution in [0, 0.1) is 6.92 Å². The number of H-pyrrole nitrogens is 1. The molecule has 0 amide bonds. The molecule has 0 bridgehead atoms. The minimum atomic E-state index is -0.207. The number of aromatic amines is 1. The Hall–Kier alpha value is -3.74. The van der Waals surface area contributed by atoms with Crippen LogP contribution in [0.25, 0.3) is 17.2 Å². The van der Waals surface area contributed by atoms with Gasteiger partial charge in [-0.15, -0.1) is 0 Å². The van der Waals surface area contributed by atoms with Gasteiger partial charge in [0.05, 0.1) is 26.3 Å². The molecule has 0 fully saturated rings. The molecule has 4 rings (SSSR count). The first-order chi connectivity index (χ1) is 13.7. The number of anilines is 1. The Kier molecular flexibility index (Phi) is 4.72. The Morgan fingerprint density at radius 3 is 2.54 bits per heavy atom. The Bertz CT molecular complexity index is 1140. The molecule has 0 aliphatic heterocycles. The highest BCUT2D eigenvalue weighted by Gasteiger charge is 2.10. The molecule has 0 radical (unpaired) electrons. The van der Waals surface area contributed by atoms with Gasteiger partial charge in [-0.2, -0.15) is 9.50 Å². The zero-order valence-electron chi connectivity index (χ0n) is 15.5. The van der Waals surface area contributed by atoms with Crippen molar-refractivity contribution >= 4 is 11.5 Å². The number of benzene rings is 2. The van der Waals surface area contributed by atoms with E-state index in [-0.39, 0.29) is 5.56 Å². The van der Waals surface area contributed by atoms with E-state index in [0.29, 0.717) is 23.8 Å². The zero-order chi connectivity index (χ0) is 19.5. The van der Waals surface area contributed by atoms with Crippen LogP contribution >= 0.6 is 0 Å². The summed E-state index contributed by atoms with van der Waals surface area (Å²) >= 11 is 0. The van der Waals surface area contributed by atoms with Crippen LogP contribution in [0.4, 0.5) is 5.69 Å². The van der Waals surface area contributed by atoms with Gasteiger partial charge < -0.3 is 10.1 Å². The summed E-state index contributed by atoms with van der Waals surface area (Å²) in [6.07, 6.45) is 0.755. The molecule has 7 heteroatoms. The van der Waals surface area contributed by atoms with Crippen molar-refractivity contribution in [2.45, 2.75) is 13.0 Å². The third-order valence-electron chi connectivity index (χ3n) is 4.46. The number of nitrogens with zero attached hydrogens (tertiary/aromatic N) is 3. The van der Waals surface area contributed by atoms with Crippen molar-refractivity contribution in [2.24, 2.45) is 0 Å². The van der Waals surface area contributed by atoms with Crippen molar-refractivity contribution in [3.8, 4) is 17.1 Å². The van der Waals surface area contributed by atoms with Crippen molar-refractivity contribution in [3.63, 3.8) is 0 Å². The van der Waals surface area contributed by atoms with E-state index < -0.39 is 0 Å². The molecule has 2 aromatic carbocycles. The molecule has 0 saturated heterocycles. The van der Waals surface area contributed by atoms with Crippen LogP contribution in [0.1, 0.15) is 11.3 Å². The van der Waals surface area contributed by atoms with Gasteiger partial charge in [-0.1, -0.05) is 12.1 Å². The van der Waals surface area contributed by atoms with Crippen molar-refractivity contribution in [1.29, 1.82) is 0 Å². The van der Waals surface area contributed by atoms with Crippen molar-refractivity contribution in [1.82, 2.24) is 19.6 Å². The van der Waals surface area contributed by atoms with Crippen LogP contribution in [0.15, 0.2) is 59.4 Å². The van der Waals surface area contributed by atoms with Gasteiger partial charge in [-0.25, -0.2) is 4.98 Å². The molecule has 0 aliphatic rings. The number of hydrogen-bond donors (Lipinski definition) is 2. The van der Waals surface area contributed by atoms with E-state index in [0.717, 1.165) is 23.4 Å². The number of ether oxygens (including phenoxy) is 1. The predicted molar refractivity (Wildman–Crippen MR) is 108 cm³/mol. The third-order valence-corrected chi connectivity index (χ3v) is 4.46. The lowest BCUT2D eigenvalue weighted by atomic mass is 10.1. The molecular formula is C21H20N5O2+. The molecule has 7 nitrogen and oxygen atoms in total. The minimum Gasteiger partial charge on any atom is -0.497 e. The number of rotatable bonds is 6. The fourth-order valence-electron chi connectivity index (χ4n) is 2.88. The van der Waals surface area contributed by atoms with Gasteiger partial charge in [0.15, 0.2) is 5.82 Å². The van der Waals surface area contributed by atoms with E-state index in [2.05, 4.69) is 27.3 Å². The molecule has 2 aromatic heterocycles. The number of hydrogen-bond acceptors (Lipinski definition) is 5. The molecule has 0 unspecified atom stereocenters. The van der Waals surface area contributed by atoms with E-state index in [1.165, 1.54) is 16.1 Å². The largest absolute Gasteiger partial charge is 0.497 e. The second kappa shape index (κ2) is 7.48. The first kappa shape index (κ1) is 17.7. The maximum atomic E-state index is 12.4. The standard InChI is InChI=1S/C21H19N5O2/c1-3-14-4-8-16(9-5-14)22-13-17-12-19(27)26-21(23-17)24-20(25-26)15-6-10-18(28-2)11-7-15/h4-12,22H,1,3,13H2,2H3/p+1. The topological polar surface area (TPSA) is 84.3 Å². The van der Waals surface area contributed by atoms with Crippen LogP contribution in [-0.2, 0) is 13.0 Å². The molecule has 2 heterocycles. The quantitative estimate of drug-likeness (QED) is 0.507. The second-order valence-corrected chi connectivity index (χ2v) is 6.32. The van der Waals surface area contributed by atoms with Gasteiger partial charge in [-0.3, -0.25) is 9.89 Å². The van der Waals surface area contributed by atoms with Crippen LogP contribution in [-0.4, -0.2) is 26.7 Å². The monoisotopic (exact) mass is 374 g/mol. The van der Waals surface area contributed by atoms with E-state index in [9.17, 15) is 4.79 Å². The summed E-state index contributed by atoms with van der Waals surface area (Å²) in [4.78, 5) is 21.4. The number of nitrogens with one attached hydrogen (secondary N) is 2. The van der Waals surface area contributed by atoms with E-state index in [1.54, 1.807) is 7.11 Å². The van der Waals surface area contributed by atoms with E-state index in [4.69, 9.17) is 4.74 Å². The second-order valence-electron chi connectivity index (χ2n) is 6.32. The molecule has 4 aromatic rings. The van der Waals surface area contributed by atoms with E-state index in [1.807, 2.05) is 48.5 Å². The minimum absolute atomic E-state index is 0.207. The molecule has 0 aliphatic carbocycles. The summed E-state index contributed by atoms with van der Waals surface area (Å²) in [6, 6.07) is 17.0. The average Bonchev–Trinajstić information content (AvgIpc) is 3.17. The molecule has 0 atom stereocenters. The fourth-order valence-corrected chi connectivity index (χ4v) is 2.88. The Balaban J connectivity index is 1.57. The molecule has 2 N–H and O–H groups in total. The van der Waals surface area contributed by atoms with Gasteiger partial charge in [0, 0.05) is 17.3 Å². The molecular weight excluding hydrogens is 354 g/mol. The highest BCUT2D eigenvalue weighted by atomic mass is 16.5. The van der Waals surface area contributed by atoms with Gasteiger partial charge in [0.2, 0.25) is 0 Å². The Morgan fingerprint density at radius 2 is 1.86 bits per heavy atom. The summed E-state index contributed by atoms with van der Waals surface area (Å²) in [5.41, 5.74) is 3.39. The summed E-state index contributed by atoms with van der Waals surface area (Å²) < 4.78 is 6.51. The molecule has 28 heavy (non-hydrogen) atoms. The van der Waals surface area contributed by atoms with Gasteiger partial charge in [0.25, 0.3) is 11.3 Å². The summed E-state index contributed by atoms with van der Waals surface area (Å²) in [6.45, 7) is 4.30. The van der Waals surface area contributed by atoms with Gasteiger partial charge in [-0.05, 0) is 42.0 Å². The van der Waals surface area contributed by atoms with Crippen LogP contribution in [0.5, 0.6) is 5.75 Å². The first-order valence-electron chi connectivity index (χ1n) is 8.91. The van der Waals surface area contributed by atoms with Crippen molar-refractivity contribution in [3.05, 3.63) is 83.1 Å². The van der Waals surface area contributed by atoms with Gasteiger partial charge >= 0.3 is 0 Å². The zero-order valence-corrected chi connectivity index (χ0v) is 15.5.